The first-order valence-electron chi connectivity index (χ1n) is 0. The Morgan fingerprint density at radius 2 is 0.500 bits per heavy atom. The Hall–Kier alpha value is 3.00. The van der Waals surface area contributed by atoms with E-state index in [0.29, 0.717) is 0 Å². The van der Waals surface area contributed by atoms with Crippen LogP contribution in [0.2, 0.25) is 0 Å². The predicted molar refractivity (Wildman–Crippen MR) is 24.7 cm³/mol. The van der Waals surface area contributed by atoms with Gasteiger partial charge in [0.25, 0.3) is 0 Å². The molecule has 0 atom stereocenters. The molecule has 0 aromatic rings. The maximum absolute atomic E-state index is 0. The van der Waals surface area contributed by atoms with Crippen LogP contribution in [0.25, 0.3) is 0 Å². The summed E-state index contributed by atoms with van der Waals surface area (Å²) in [5.74, 6) is 0. The number of hydrogen-bond acceptors (Lipinski definition) is 0. The molecule has 0 bridgehead atoms. The van der Waals surface area contributed by atoms with Gasteiger partial charge in [0.2, 0.25) is 0 Å². The molecule has 0 aliphatic rings. The van der Waals surface area contributed by atoms with Gasteiger partial charge in [-0.05, 0) is 0 Å². The molecule has 0 fully saturated rings. The molecule has 0 aromatic heterocycles. The average Bonchev–Trinajstić information content (AvgIpc) is 0. The van der Waals surface area contributed by atoms with Gasteiger partial charge in [0, 0.05) is 7.43 Å². The predicted octanol–water partition coefficient (Wildman–Crippen LogP) is -1.86. The van der Waals surface area contributed by atoms with Crippen molar-refractivity contribution in [3.05, 3.63) is 7.43 Å². The SMILES string of the molecule is [C].[NaH].[NaH].[NaH]. The maximum atomic E-state index is 0. The van der Waals surface area contributed by atoms with Gasteiger partial charge in [-0.1, -0.05) is 0 Å². The van der Waals surface area contributed by atoms with Crippen LogP contribution < -0.4 is 0 Å². The zero-order valence-corrected chi connectivity index (χ0v) is 0.500. The minimum atomic E-state index is 0. The first-order valence-corrected chi connectivity index (χ1v) is 0. The third kappa shape index (κ3) is 8.89. The van der Waals surface area contributed by atoms with Crippen LogP contribution in [-0.2, 0) is 0 Å². The van der Waals surface area contributed by atoms with Gasteiger partial charge in [0.05, 0.1) is 0 Å². The van der Waals surface area contributed by atoms with Gasteiger partial charge in [-0.25, -0.2) is 0 Å². The van der Waals surface area contributed by atoms with Crippen molar-refractivity contribution in [2.45, 2.75) is 0 Å². The summed E-state index contributed by atoms with van der Waals surface area (Å²) in [5, 5.41) is 0. The van der Waals surface area contributed by atoms with Gasteiger partial charge in [-0.3, -0.25) is 0 Å². The fourth-order valence-corrected chi connectivity index (χ4v) is 0. The van der Waals surface area contributed by atoms with Crippen LogP contribution in [0.5, 0.6) is 0 Å². The van der Waals surface area contributed by atoms with Gasteiger partial charge >= 0.3 is 88.7 Å². The Kier molecular flexibility index (Phi) is 117. The summed E-state index contributed by atoms with van der Waals surface area (Å²) in [5.41, 5.74) is 0. The van der Waals surface area contributed by atoms with Crippen molar-refractivity contribution >= 4 is 88.7 Å². The van der Waals surface area contributed by atoms with Crippen LogP contribution in [0.4, 0.5) is 0 Å². The first kappa shape index (κ1) is 28.0. The van der Waals surface area contributed by atoms with E-state index in [1.54, 1.807) is 0 Å². The molecule has 4 radical (unpaired) electrons. The molecule has 0 aromatic carbocycles. The van der Waals surface area contributed by atoms with Crippen molar-refractivity contribution in [3.63, 3.8) is 0 Å². The van der Waals surface area contributed by atoms with Crippen molar-refractivity contribution in [2.24, 2.45) is 0 Å². The normalized spacial score (nSPS) is 0. The fourth-order valence-electron chi connectivity index (χ4n) is 0. The van der Waals surface area contributed by atoms with Gasteiger partial charge in [-0.15, -0.1) is 0 Å². The molecule has 10 valence electrons. The molecule has 0 spiro atoms. The number of hydrogen-bond donors (Lipinski definition) is 0. The third-order valence-electron chi connectivity index (χ3n) is 0. The molecule has 0 aliphatic carbocycles. The summed E-state index contributed by atoms with van der Waals surface area (Å²) in [6.07, 6.45) is 0. The molecule has 0 nitrogen and oxygen atoms in total. The van der Waals surface area contributed by atoms with E-state index in [0.717, 1.165) is 0 Å². The third-order valence-corrected chi connectivity index (χ3v) is 0. The monoisotopic (exact) mass is 84.0 g/mol. The second kappa shape index (κ2) is 16.7. The van der Waals surface area contributed by atoms with Crippen LogP contribution in [-0.4, -0.2) is 88.7 Å². The van der Waals surface area contributed by atoms with E-state index in [-0.39, 0.29) is 96.1 Å². The topological polar surface area (TPSA) is 0 Å². The Bertz CT molecular complexity index is 3.25. The molecule has 4 heavy (non-hydrogen) atoms. The van der Waals surface area contributed by atoms with Crippen molar-refractivity contribution < 1.29 is 0 Å². The van der Waals surface area contributed by atoms with Gasteiger partial charge in [0.1, 0.15) is 0 Å². The van der Waals surface area contributed by atoms with E-state index >= 15 is 0 Å². The van der Waals surface area contributed by atoms with Crippen LogP contribution in [0, 0.1) is 7.43 Å². The van der Waals surface area contributed by atoms with E-state index in [9.17, 15) is 0 Å². The van der Waals surface area contributed by atoms with Crippen LogP contribution >= 0.6 is 0 Å². The van der Waals surface area contributed by atoms with E-state index in [4.69, 9.17) is 0 Å². The van der Waals surface area contributed by atoms with Crippen LogP contribution in [0.1, 0.15) is 0 Å². The van der Waals surface area contributed by atoms with Crippen LogP contribution in [0.3, 0.4) is 0 Å². The van der Waals surface area contributed by atoms with Crippen molar-refractivity contribution in [2.75, 3.05) is 0 Å². The molecule has 0 amide bonds. The molecule has 0 N–H and O–H groups in total. The van der Waals surface area contributed by atoms with E-state index in [1.165, 1.54) is 0 Å². The van der Waals surface area contributed by atoms with E-state index < -0.39 is 0 Å². The summed E-state index contributed by atoms with van der Waals surface area (Å²) in [6.45, 7) is 0. The summed E-state index contributed by atoms with van der Waals surface area (Å²) in [4.78, 5) is 0. The fraction of sp³-hybridized carbons (Fsp3) is 0. The molecule has 3 heteroatoms. The molecule has 0 rings (SSSR count). The first-order chi connectivity index (χ1) is 0. The molecule has 0 saturated carbocycles. The minimum absolute atomic E-state index is 0. The van der Waals surface area contributed by atoms with Crippen LogP contribution in [0.15, 0.2) is 0 Å². The van der Waals surface area contributed by atoms with E-state index in [1.807, 2.05) is 0 Å². The Labute approximate surface area is 94.0 Å². The standard InChI is InChI=1S/C.3Na.3H. The van der Waals surface area contributed by atoms with Gasteiger partial charge in [0.15, 0.2) is 0 Å². The molecule has 0 heterocycles. The molecule has 0 aliphatic heterocycles. The Morgan fingerprint density at radius 1 is 0.500 bits per heavy atom. The molecular weight excluding hydrogens is 81.0 g/mol. The number of rotatable bonds is 0. The molecule has 0 unspecified atom stereocenters. The Morgan fingerprint density at radius 3 is 0.500 bits per heavy atom. The summed E-state index contributed by atoms with van der Waals surface area (Å²) in [7, 11) is 0. The van der Waals surface area contributed by atoms with Crippen molar-refractivity contribution in [1.29, 1.82) is 0 Å². The van der Waals surface area contributed by atoms with Gasteiger partial charge < -0.3 is 0 Å². The zero-order valence-electron chi connectivity index (χ0n) is 0.500. The summed E-state index contributed by atoms with van der Waals surface area (Å²) >= 11 is 0. The Balaban J connectivity index is 0. The molecule has 0 saturated heterocycles. The van der Waals surface area contributed by atoms with Crippen molar-refractivity contribution in [3.8, 4) is 0 Å². The zero-order chi connectivity index (χ0) is 0. The summed E-state index contributed by atoms with van der Waals surface area (Å²) in [6, 6.07) is 0. The average molecular weight is 84.0 g/mol. The second-order valence-corrected chi connectivity index (χ2v) is 0. The second-order valence-electron chi connectivity index (χ2n) is 0. The molecular formula is CH3Na3. The quantitative estimate of drug-likeness (QED) is 0.302. The van der Waals surface area contributed by atoms with Gasteiger partial charge in [-0.2, -0.15) is 0 Å². The van der Waals surface area contributed by atoms with Crippen molar-refractivity contribution in [1.82, 2.24) is 0 Å². The summed E-state index contributed by atoms with van der Waals surface area (Å²) < 4.78 is 0. The van der Waals surface area contributed by atoms with E-state index in [2.05, 4.69) is 0 Å².